The summed E-state index contributed by atoms with van der Waals surface area (Å²) in [5, 5.41) is 8.65. The number of carboxylic acids is 1. The van der Waals surface area contributed by atoms with Crippen molar-refractivity contribution in [3.05, 3.63) is 42.0 Å². The fourth-order valence-corrected chi connectivity index (χ4v) is 5.95. The molecule has 2 bridgehead atoms. The van der Waals surface area contributed by atoms with Crippen LogP contribution in [0.2, 0.25) is 0 Å². The maximum atomic E-state index is 12.7. The van der Waals surface area contributed by atoms with Crippen molar-refractivity contribution >= 4 is 16.0 Å². The van der Waals surface area contributed by atoms with E-state index in [1.165, 1.54) is 6.42 Å². The smallest absolute Gasteiger partial charge is 0.303 e. The van der Waals surface area contributed by atoms with E-state index in [0.29, 0.717) is 29.1 Å². The maximum Gasteiger partial charge on any atom is 0.303 e. The van der Waals surface area contributed by atoms with Gasteiger partial charge in [0.25, 0.3) is 0 Å². The molecule has 2 saturated carbocycles. The van der Waals surface area contributed by atoms with Crippen LogP contribution in [0.25, 0.3) is 0 Å². The van der Waals surface area contributed by atoms with E-state index < -0.39 is 16.0 Å². The summed E-state index contributed by atoms with van der Waals surface area (Å²) in [6.07, 6.45) is 10.1. The minimum Gasteiger partial charge on any atom is -0.481 e. The van der Waals surface area contributed by atoms with E-state index in [1.54, 1.807) is 12.1 Å². The van der Waals surface area contributed by atoms with Crippen LogP contribution < -0.4 is 4.72 Å². The zero-order valence-corrected chi connectivity index (χ0v) is 16.6. The number of hydrogen-bond donors (Lipinski definition) is 2. The lowest BCUT2D eigenvalue weighted by Gasteiger charge is -2.29. The first-order chi connectivity index (χ1) is 12.8. The molecule has 148 valence electrons. The zero-order chi connectivity index (χ0) is 19.4. The van der Waals surface area contributed by atoms with Gasteiger partial charge in [0.1, 0.15) is 0 Å². The molecule has 4 unspecified atom stereocenters. The molecule has 27 heavy (non-hydrogen) atoms. The third-order valence-electron chi connectivity index (χ3n) is 5.96. The molecule has 0 aliphatic heterocycles. The van der Waals surface area contributed by atoms with Gasteiger partial charge in [-0.05, 0) is 75.3 Å². The van der Waals surface area contributed by atoms with Gasteiger partial charge in [-0.3, -0.25) is 4.79 Å². The van der Waals surface area contributed by atoms with Gasteiger partial charge in [0, 0.05) is 12.5 Å². The van der Waals surface area contributed by atoms with Crippen LogP contribution in [0.5, 0.6) is 0 Å². The Bertz CT molecular complexity index is 785. The molecule has 6 heteroatoms. The van der Waals surface area contributed by atoms with Gasteiger partial charge in [0.05, 0.1) is 4.90 Å². The second-order valence-electron chi connectivity index (χ2n) is 8.03. The first kappa shape index (κ1) is 20.1. The second kappa shape index (κ2) is 8.57. The average Bonchev–Trinajstić information content (AvgIpc) is 3.17. The summed E-state index contributed by atoms with van der Waals surface area (Å²) in [5.41, 5.74) is 1.05. The third-order valence-corrected chi connectivity index (χ3v) is 7.46. The number of benzene rings is 1. The molecule has 0 amide bonds. The van der Waals surface area contributed by atoms with Gasteiger partial charge in [-0.1, -0.05) is 29.8 Å². The molecule has 0 radical (unpaired) electrons. The van der Waals surface area contributed by atoms with Crippen LogP contribution >= 0.6 is 0 Å². The number of aliphatic carboxylic acids is 1. The molecule has 1 aromatic rings. The first-order valence-electron chi connectivity index (χ1n) is 9.81. The zero-order valence-electron chi connectivity index (χ0n) is 15.8. The summed E-state index contributed by atoms with van der Waals surface area (Å²) in [7, 11) is -3.47. The lowest BCUT2D eigenvalue weighted by Crippen LogP contribution is -2.41. The van der Waals surface area contributed by atoms with Crippen molar-refractivity contribution in [2.75, 3.05) is 0 Å². The molecule has 0 spiro atoms. The fourth-order valence-electron chi connectivity index (χ4n) is 4.65. The Morgan fingerprint density at radius 2 is 1.93 bits per heavy atom. The normalized spacial score (nSPS) is 27.4. The van der Waals surface area contributed by atoms with Gasteiger partial charge in [-0.25, -0.2) is 13.1 Å². The monoisotopic (exact) mass is 391 g/mol. The van der Waals surface area contributed by atoms with E-state index in [4.69, 9.17) is 5.11 Å². The highest BCUT2D eigenvalue weighted by Gasteiger charge is 2.46. The van der Waals surface area contributed by atoms with Crippen molar-refractivity contribution in [2.24, 2.45) is 17.8 Å². The Morgan fingerprint density at radius 1 is 1.19 bits per heavy atom. The highest BCUT2D eigenvalue weighted by molar-refractivity contribution is 7.89. The highest BCUT2D eigenvalue weighted by Crippen LogP contribution is 2.50. The molecule has 2 aliphatic carbocycles. The molecular weight excluding hydrogens is 362 g/mol. The van der Waals surface area contributed by atoms with Crippen molar-refractivity contribution < 1.29 is 18.3 Å². The van der Waals surface area contributed by atoms with Crippen LogP contribution in [-0.2, 0) is 14.8 Å². The van der Waals surface area contributed by atoms with E-state index in [9.17, 15) is 13.2 Å². The van der Waals surface area contributed by atoms with Crippen LogP contribution in [0.15, 0.2) is 41.3 Å². The van der Waals surface area contributed by atoms with E-state index in [1.807, 2.05) is 19.1 Å². The Labute approximate surface area is 161 Å². The fraction of sp³-hybridized carbons (Fsp3) is 0.571. The van der Waals surface area contributed by atoms with Crippen LogP contribution in [0.1, 0.15) is 50.5 Å². The largest absolute Gasteiger partial charge is 0.481 e. The second-order valence-corrected chi connectivity index (χ2v) is 9.74. The number of unbranched alkanes of at least 4 members (excludes halogenated alkanes) is 1. The molecule has 0 saturated heterocycles. The number of aryl methyl sites for hydroxylation is 1. The minimum atomic E-state index is -3.47. The van der Waals surface area contributed by atoms with E-state index in [-0.39, 0.29) is 12.5 Å². The first-order valence-corrected chi connectivity index (χ1v) is 11.3. The van der Waals surface area contributed by atoms with Crippen molar-refractivity contribution in [3.63, 3.8) is 0 Å². The molecule has 2 N–H and O–H groups in total. The van der Waals surface area contributed by atoms with Crippen molar-refractivity contribution in [1.29, 1.82) is 0 Å². The standard InChI is InChI=1S/C21H29NO4S/c1-15-8-10-18(11-9-15)27(25,26)22-20-14-16-12-17(19(20)13-16)6-4-2-3-5-7-21(23)24/h2,4,8-11,16-17,19-20,22H,3,5-7,12-14H2,1H3,(H,23,24)/b4-2-. The molecule has 0 heterocycles. The summed E-state index contributed by atoms with van der Waals surface area (Å²) in [6, 6.07) is 7.02. The Balaban J connectivity index is 1.53. The number of allylic oxidation sites excluding steroid dienone is 2. The average molecular weight is 392 g/mol. The van der Waals surface area contributed by atoms with E-state index in [0.717, 1.165) is 31.2 Å². The number of rotatable bonds is 9. The number of carbonyl (C=O) groups is 1. The molecular formula is C21H29NO4S. The predicted octanol–water partition coefficient (Wildman–Crippen LogP) is 3.89. The molecule has 0 aromatic heterocycles. The number of nitrogens with one attached hydrogen (secondary N) is 1. The number of sulfonamides is 1. The summed E-state index contributed by atoms with van der Waals surface area (Å²) >= 11 is 0. The van der Waals surface area contributed by atoms with Gasteiger partial charge in [-0.15, -0.1) is 0 Å². The SMILES string of the molecule is Cc1ccc(S(=O)(=O)NC2CC3CC(C/C=C\CCCC(=O)O)C2C3)cc1. The summed E-state index contributed by atoms with van der Waals surface area (Å²) < 4.78 is 28.4. The van der Waals surface area contributed by atoms with E-state index in [2.05, 4.69) is 16.9 Å². The summed E-state index contributed by atoms with van der Waals surface area (Å²) in [6.45, 7) is 1.94. The van der Waals surface area contributed by atoms with Gasteiger partial charge in [-0.2, -0.15) is 0 Å². The van der Waals surface area contributed by atoms with Gasteiger partial charge < -0.3 is 5.11 Å². The number of fused-ring (bicyclic) bond motifs is 2. The van der Waals surface area contributed by atoms with Crippen LogP contribution in [0.3, 0.4) is 0 Å². The predicted molar refractivity (Wildman–Crippen MR) is 105 cm³/mol. The van der Waals surface area contributed by atoms with Crippen molar-refractivity contribution in [2.45, 2.75) is 62.8 Å². The topological polar surface area (TPSA) is 83.5 Å². The van der Waals surface area contributed by atoms with Gasteiger partial charge >= 0.3 is 5.97 Å². The number of carboxylic acid groups (broad SMARTS) is 1. The lowest BCUT2D eigenvalue weighted by molar-refractivity contribution is -0.137. The quantitative estimate of drug-likeness (QED) is 0.494. The Kier molecular flexibility index (Phi) is 6.37. The van der Waals surface area contributed by atoms with E-state index >= 15 is 0 Å². The Morgan fingerprint density at radius 3 is 2.59 bits per heavy atom. The maximum absolute atomic E-state index is 12.7. The van der Waals surface area contributed by atoms with Crippen molar-refractivity contribution in [1.82, 2.24) is 4.72 Å². The van der Waals surface area contributed by atoms with Gasteiger partial charge in [0.15, 0.2) is 0 Å². The summed E-state index contributed by atoms with van der Waals surface area (Å²) in [5.74, 6) is 0.787. The van der Waals surface area contributed by atoms with Crippen LogP contribution in [0.4, 0.5) is 0 Å². The summed E-state index contributed by atoms with van der Waals surface area (Å²) in [4.78, 5) is 10.9. The Hall–Kier alpha value is -1.66. The van der Waals surface area contributed by atoms with Crippen LogP contribution in [0, 0.1) is 24.7 Å². The number of hydrogen-bond acceptors (Lipinski definition) is 3. The van der Waals surface area contributed by atoms with Gasteiger partial charge in [0.2, 0.25) is 10.0 Å². The minimum absolute atomic E-state index is 0.0282. The van der Waals surface area contributed by atoms with Crippen molar-refractivity contribution in [3.8, 4) is 0 Å². The highest BCUT2D eigenvalue weighted by atomic mass is 32.2. The van der Waals surface area contributed by atoms with Crippen LogP contribution in [-0.4, -0.2) is 25.5 Å². The molecule has 3 rings (SSSR count). The third kappa shape index (κ3) is 5.20. The molecule has 1 aromatic carbocycles. The molecule has 2 fully saturated rings. The molecule has 4 atom stereocenters. The molecule has 5 nitrogen and oxygen atoms in total. The lowest BCUT2D eigenvalue weighted by atomic mass is 9.83. The molecule has 2 aliphatic rings.